The van der Waals surface area contributed by atoms with Crippen molar-refractivity contribution >= 4 is 38.9 Å². The number of rotatable bonds is 7. The average molecular weight is 463 g/mol. The van der Waals surface area contributed by atoms with E-state index in [1.54, 1.807) is 13.0 Å². The molecule has 164 valence electrons. The van der Waals surface area contributed by atoms with Crippen LogP contribution in [0.25, 0.3) is 0 Å². The summed E-state index contributed by atoms with van der Waals surface area (Å²) in [5, 5.41) is 1.93. The minimum atomic E-state index is -4.64. The van der Waals surface area contributed by atoms with E-state index < -0.39 is 32.7 Å². The summed E-state index contributed by atoms with van der Waals surface area (Å²) in [6.45, 7) is 3.70. The first-order valence-electron chi connectivity index (χ1n) is 9.00. The van der Waals surface area contributed by atoms with Gasteiger partial charge in [-0.2, -0.15) is 13.2 Å². The van der Waals surface area contributed by atoms with Crippen molar-refractivity contribution in [3.63, 3.8) is 0 Å². The molecule has 0 bridgehead atoms. The van der Waals surface area contributed by atoms with Gasteiger partial charge in [-0.1, -0.05) is 23.7 Å². The predicted molar refractivity (Wildman–Crippen MR) is 112 cm³/mol. The second-order valence-corrected chi connectivity index (χ2v) is 9.28. The molecule has 2 rings (SSSR count). The van der Waals surface area contributed by atoms with Gasteiger partial charge in [0.25, 0.3) is 0 Å². The summed E-state index contributed by atoms with van der Waals surface area (Å²) in [5.74, 6) is -0.528. The maximum absolute atomic E-state index is 12.9. The van der Waals surface area contributed by atoms with Crippen LogP contribution >= 0.6 is 11.6 Å². The number of nitrogens with zero attached hydrogens (tertiary/aromatic N) is 1. The quantitative estimate of drug-likeness (QED) is 0.618. The van der Waals surface area contributed by atoms with Crippen LogP contribution in [-0.4, -0.2) is 27.1 Å². The molecule has 0 spiro atoms. The molecule has 5 nitrogen and oxygen atoms in total. The third kappa shape index (κ3) is 6.37. The third-order valence-electron chi connectivity index (χ3n) is 4.35. The molecule has 0 atom stereocenters. The van der Waals surface area contributed by atoms with Crippen molar-refractivity contribution in [3.05, 3.63) is 58.1 Å². The van der Waals surface area contributed by atoms with E-state index in [4.69, 9.17) is 11.6 Å². The lowest BCUT2D eigenvalue weighted by molar-refractivity contribution is -0.137. The molecule has 1 N–H and O–H groups in total. The van der Waals surface area contributed by atoms with Gasteiger partial charge in [-0.15, -0.1) is 0 Å². The van der Waals surface area contributed by atoms with Crippen LogP contribution in [0.1, 0.15) is 29.5 Å². The van der Waals surface area contributed by atoms with Crippen molar-refractivity contribution < 1.29 is 26.4 Å². The zero-order chi connectivity index (χ0) is 22.7. The van der Waals surface area contributed by atoms with Gasteiger partial charge < -0.3 is 5.32 Å². The highest BCUT2D eigenvalue weighted by molar-refractivity contribution is 7.92. The Kier molecular flexibility index (Phi) is 7.41. The highest BCUT2D eigenvalue weighted by Crippen LogP contribution is 2.36. The zero-order valence-corrected chi connectivity index (χ0v) is 18.2. The molecule has 0 aromatic heterocycles. The van der Waals surface area contributed by atoms with Crippen LogP contribution in [0.2, 0.25) is 5.02 Å². The Morgan fingerprint density at radius 3 is 2.40 bits per heavy atom. The number of hydrogen-bond acceptors (Lipinski definition) is 3. The molecule has 2 aromatic carbocycles. The standard InChI is InChI=1S/C20H22ClF3N2O3S/c1-13-6-7-14(2)18(11-13)26(30(3,28)29)10-4-5-19(27)25-15-8-9-17(21)16(12-15)20(22,23)24/h6-9,11-12H,4-5,10H2,1-3H3,(H,25,27). The summed E-state index contributed by atoms with van der Waals surface area (Å²) >= 11 is 5.57. The van der Waals surface area contributed by atoms with E-state index in [1.165, 1.54) is 10.4 Å². The van der Waals surface area contributed by atoms with E-state index >= 15 is 0 Å². The normalized spacial score (nSPS) is 12.0. The minimum absolute atomic E-state index is 0.0359. The third-order valence-corrected chi connectivity index (χ3v) is 5.86. The van der Waals surface area contributed by atoms with Gasteiger partial charge in [0.2, 0.25) is 15.9 Å². The maximum atomic E-state index is 12.9. The molecule has 10 heteroatoms. The summed E-state index contributed by atoms with van der Waals surface area (Å²) < 4.78 is 64.5. The van der Waals surface area contributed by atoms with Crippen LogP contribution in [0.15, 0.2) is 36.4 Å². The summed E-state index contributed by atoms with van der Waals surface area (Å²) in [5.41, 5.74) is 1.12. The molecule has 0 aliphatic heterocycles. The van der Waals surface area contributed by atoms with E-state index in [1.807, 2.05) is 19.1 Å². The van der Waals surface area contributed by atoms with Gasteiger partial charge in [0.15, 0.2) is 0 Å². The molecular formula is C20H22ClF3N2O3S. The van der Waals surface area contributed by atoms with Crippen molar-refractivity contribution in [2.45, 2.75) is 32.9 Å². The Morgan fingerprint density at radius 1 is 1.13 bits per heavy atom. The monoisotopic (exact) mass is 462 g/mol. The Bertz CT molecular complexity index is 1040. The SMILES string of the molecule is Cc1ccc(C)c(N(CCCC(=O)Nc2ccc(Cl)c(C(F)(F)F)c2)S(C)(=O)=O)c1. The summed E-state index contributed by atoms with van der Waals surface area (Å²) in [6.07, 6.45) is -3.44. The van der Waals surface area contributed by atoms with E-state index in [9.17, 15) is 26.4 Å². The number of benzene rings is 2. The van der Waals surface area contributed by atoms with E-state index in [0.29, 0.717) is 5.69 Å². The number of carbonyl (C=O) groups is 1. The number of alkyl halides is 3. The number of amides is 1. The van der Waals surface area contributed by atoms with Crippen molar-refractivity contribution in [1.29, 1.82) is 0 Å². The highest BCUT2D eigenvalue weighted by atomic mass is 35.5. The van der Waals surface area contributed by atoms with Crippen LogP contribution in [-0.2, 0) is 21.0 Å². The number of anilines is 2. The Labute approximate surface area is 178 Å². The number of halogens is 4. The van der Waals surface area contributed by atoms with Gasteiger partial charge in [0, 0.05) is 18.7 Å². The number of sulfonamides is 1. The van der Waals surface area contributed by atoms with Crippen molar-refractivity contribution in [2.75, 3.05) is 22.4 Å². The lowest BCUT2D eigenvalue weighted by Gasteiger charge is -2.24. The van der Waals surface area contributed by atoms with Crippen LogP contribution in [0.5, 0.6) is 0 Å². The smallest absolute Gasteiger partial charge is 0.326 e. The van der Waals surface area contributed by atoms with Crippen LogP contribution in [0, 0.1) is 13.8 Å². The van der Waals surface area contributed by atoms with Gasteiger partial charge in [0.1, 0.15) is 0 Å². The van der Waals surface area contributed by atoms with Crippen molar-refractivity contribution in [1.82, 2.24) is 0 Å². The molecule has 0 radical (unpaired) electrons. The number of nitrogens with one attached hydrogen (secondary N) is 1. The van der Waals surface area contributed by atoms with Crippen molar-refractivity contribution in [3.8, 4) is 0 Å². The Morgan fingerprint density at radius 2 is 1.80 bits per heavy atom. The summed E-state index contributed by atoms with van der Waals surface area (Å²) in [6, 6.07) is 8.53. The number of aryl methyl sites for hydroxylation is 2. The molecule has 0 saturated heterocycles. The fraction of sp³-hybridized carbons (Fsp3) is 0.350. The van der Waals surface area contributed by atoms with Gasteiger partial charge in [-0.05, 0) is 55.7 Å². The molecule has 0 aliphatic rings. The molecule has 0 unspecified atom stereocenters. The van der Waals surface area contributed by atoms with Crippen molar-refractivity contribution in [2.24, 2.45) is 0 Å². The number of hydrogen-bond donors (Lipinski definition) is 1. The maximum Gasteiger partial charge on any atom is 0.417 e. The minimum Gasteiger partial charge on any atom is -0.326 e. The van der Waals surface area contributed by atoms with Gasteiger partial charge in [0.05, 0.1) is 22.5 Å². The topological polar surface area (TPSA) is 66.5 Å². The second kappa shape index (κ2) is 9.26. The van der Waals surface area contributed by atoms with Gasteiger partial charge in [-0.25, -0.2) is 8.42 Å². The second-order valence-electron chi connectivity index (χ2n) is 6.97. The van der Waals surface area contributed by atoms with E-state index in [2.05, 4.69) is 5.32 Å². The van der Waals surface area contributed by atoms with Gasteiger partial charge >= 0.3 is 6.18 Å². The first kappa shape index (κ1) is 24.0. The Balaban J connectivity index is 2.06. The fourth-order valence-electron chi connectivity index (χ4n) is 2.88. The number of carbonyl (C=O) groups excluding carboxylic acids is 1. The van der Waals surface area contributed by atoms with Crippen LogP contribution < -0.4 is 9.62 Å². The highest BCUT2D eigenvalue weighted by Gasteiger charge is 2.33. The molecule has 2 aromatic rings. The molecule has 0 fully saturated rings. The molecule has 30 heavy (non-hydrogen) atoms. The fourth-order valence-corrected chi connectivity index (χ4v) is 4.12. The largest absolute Gasteiger partial charge is 0.417 e. The lowest BCUT2D eigenvalue weighted by Crippen LogP contribution is -2.32. The predicted octanol–water partition coefficient (Wildman–Crippen LogP) is 5.16. The Hall–Kier alpha value is -2.26. The molecule has 0 saturated carbocycles. The van der Waals surface area contributed by atoms with Crippen LogP contribution in [0.3, 0.4) is 0 Å². The first-order chi connectivity index (χ1) is 13.8. The van der Waals surface area contributed by atoms with Crippen LogP contribution in [0.4, 0.5) is 24.5 Å². The average Bonchev–Trinajstić information content (AvgIpc) is 2.61. The summed E-state index contributed by atoms with van der Waals surface area (Å²) in [7, 11) is -3.58. The first-order valence-corrected chi connectivity index (χ1v) is 11.2. The molecule has 0 heterocycles. The van der Waals surface area contributed by atoms with E-state index in [-0.39, 0.29) is 25.1 Å². The molecular weight excluding hydrogens is 441 g/mol. The molecule has 1 amide bonds. The summed E-state index contributed by atoms with van der Waals surface area (Å²) in [4.78, 5) is 12.2. The van der Waals surface area contributed by atoms with E-state index in [0.717, 1.165) is 29.5 Å². The molecule has 0 aliphatic carbocycles. The van der Waals surface area contributed by atoms with Gasteiger partial charge in [-0.3, -0.25) is 9.10 Å². The lowest BCUT2D eigenvalue weighted by atomic mass is 10.1. The zero-order valence-electron chi connectivity index (χ0n) is 16.7.